The van der Waals surface area contributed by atoms with Gasteiger partial charge in [0.05, 0.1) is 6.04 Å². The van der Waals surface area contributed by atoms with Crippen molar-refractivity contribution in [1.82, 2.24) is 10.2 Å². The molecule has 1 rings (SSSR count). The molecular formula is C8H13ClF2N4OS. The highest BCUT2D eigenvalue weighted by molar-refractivity contribution is 7.15. The highest BCUT2D eigenvalue weighted by Gasteiger charge is 2.20. The number of carbonyl (C=O) groups is 1. The van der Waals surface area contributed by atoms with Crippen molar-refractivity contribution in [2.75, 3.05) is 5.32 Å². The molecule has 1 aromatic heterocycles. The molecule has 1 amide bonds. The lowest BCUT2D eigenvalue weighted by atomic mass is 10.1. The Morgan fingerprint density at radius 2 is 2.00 bits per heavy atom. The maximum Gasteiger partial charge on any atom is 0.291 e. The van der Waals surface area contributed by atoms with Crippen molar-refractivity contribution in [2.45, 2.75) is 26.3 Å². The molecule has 5 nitrogen and oxygen atoms in total. The number of nitrogens with one attached hydrogen (secondary N) is 1. The van der Waals surface area contributed by atoms with E-state index in [9.17, 15) is 13.6 Å². The van der Waals surface area contributed by atoms with E-state index in [1.54, 1.807) is 13.8 Å². The third-order valence-electron chi connectivity index (χ3n) is 1.88. The zero-order chi connectivity index (χ0) is 12.3. The van der Waals surface area contributed by atoms with Gasteiger partial charge in [0.2, 0.25) is 11.0 Å². The first-order valence-electron chi connectivity index (χ1n) is 4.59. The molecule has 9 heteroatoms. The summed E-state index contributed by atoms with van der Waals surface area (Å²) in [6.45, 7) is 3.57. The van der Waals surface area contributed by atoms with Gasteiger partial charge in [-0.15, -0.1) is 22.6 Å². The monoisotopic (exact) mass is 286 g/mol. The third-order valence-corrected chi connectivity index (χ3v) is 2.72. The molecule has 0 unspecified atom stereocenters. The van der Waals surface area contributed by atoms with Crippen LogP contribution < -0.4 is 11.1 Å². The summed E-state index contributed by atoms with van der Waals surface area (Å²) in [6.07, 6.45) is -2.68. The lowest BCUT2D eigenvalue weighted by Gasteiger charge is -2.13. The van der Waals surface area contributed by atoms with Crippen molar-refractivity contribution in [3.05, 3.63) is 5.01 Å². The minimum atomic E-state index is -2.68. The molecule has 0 radical (unpaired) electrons. The van der Waals surface area contributed by atoms with Gasteiger partial charge in [-0.2, -0.15) is 0 Å². The Labute approximate surface area is 107 Å². The number of carbonyl (C=O) groups excluding carboxylic acids is 1. The molecule has 1 aromatic rings. The van der Waals surface area contributed by atoms with Crippen LogP contribution in [-0.4, -0.2) is 22.1 Å². The van der Waals surface area contributed by atoms with Crippen molar-refractivity contribution in [2.24, 2.45) is 11.7 Å². The topological polar surface area (TPSA) is 80.9 Å². The number of halogens is 3. The van der Waals surface area contributed by atoms with E-state index in [0.29, 0.717) is 11.3 Å². The van der Waals surface area contributed by atoms with Crippen LogP contribution in [0, 0.1) is 5.92 Å². The molecule has 0 aliphatic carbocycles. The number of rotatable bonds is 4. The predicted octanol–water partition coefficient (Wildman–Crippen LogP) is 1.82. The van der Waals surface area contributed by atoms with Gasteiger partial charge in [0, 0.05) is 0 Å². The largest absolute Gasteiger partial charge is 0.320 e. The fraction of sp³-hybridized carbons (Fsp3) is 0.625. The Hall–Kier alpha value is -0.860. The second kappa shape index (κ2) is 6.77. The molecular weight excluding hydrogens is 274 g/mol. The van der Waals surface area contributed by atoms with E-state index in [4.69, 9.17) is 5.73 Å². The molecule has 3 N–H and O–H groups in total. The van der Waals surface area contributed by atoms with Gasteiger partial charge in [0.1, 0.15) is 0 Å². The average molecular weight is 287 g/mol. The van der Waals surface area contributed by atoms with Gasteiger partial charge in [0.15, 0.2) is 5.01 Å². The Kier molecular flexibility index (Phi) is 6.43. The van der Waals surface area contributed by atoms with Crippen LogP contribution in [0.15, 0.2) is 0 Å². The van der Waals surface area contributed by atoms with E-state index in [2.05, 4.69) is 15.5 Å². The Bertz CT molecular complexity index is 374. The first-order chi connectivity index (χ1) is 7.41. The molecule has 0 spiro atoms. The number of alkyl halides is 2. The summed E-state index contributed by atoms with van der Waals surface area (Å²) in [5, 5.41) is 8.62. The van der Waals surface area contributed by atoms with E-state index in [0.717, 1.165) is 0 Å². The van der Waals surface area contributed by atoms with Gasteiger partial charge in [0.25, 0.3) is 6.43 Å². The summed E-state index contributed by atoms with van der Waals surface area (Å²) in [6, 6.07) is -0.695. The second-order valence-corrected chi connectivity index (χ2v) is 4.51. The van der Waals surface area contributed by atoms with Crippen molar-refractivity contribution in [3.8, 4) is 0 Å². The van der Waals surface area contributed by atoms with Gasteiger partial charge < -0.3 is 5.73 Å². The first-order valence-corrected chi connectivity index (χ1v) is 5.41. The molecule has 98 valence electrons. The highest BCUT2D eigenvalue weighted by atomic mass is 35.5. The molecule has 17 heavy (non-hydrogen) atoms. The Morgan fingerprint density at radius 1 is 1.41 bits per heavy atom. The van der Waals surface area contributed by atoms with Crippen LogP contribution in [0.4, 0.5) is 13.9 Å². The van der Waals surface area contributed by atoms with Crippen LogP contribution in [0.5, 0.6) is 0 Å². The SMILES string of the molecule is CC(C)[C@H](N)C(=O)Nc1nnc(C(F)F)s1.Cl. The maximum absolute atomic E-state index is 12.2. The number of nitrogens with two attached hydrogens (primary N) is 1. The van der Waals surface area contributed by atoms with Crippen LogP contribution >= 0.6 is 23.7 Å². The maximum atomic E-state index is 12.2. The standard InChI is InChI=1S/C8H12F2N4OS.ClH/c1-3(2)4(11)6(15)12-8-14-13-7(16-8)5(9)10;/h3-5H,11H2,1-2H3,(H,12,14,15);1H/t4-;/m0./s1. The van der Waals surface area contributed by atoms with Crippen molar-refractivity contribution >= 4 is 34.8 Å². The minimum absolute atomic E-state index is 0. The number of aromatic nitrogens is 2. The third kappa shape index (κ3) is 4.49. The van der Waals surface area contributed by atoms with E-state index >= 15 is 0 Å². The van der Waals surface area contributed by atoms with Gasteiger partial charge in [-0.1, -0.05) is 25.2 Å². The second-order valence-electron chi connectivity index (χ2n) is 3.51. The molecule has 1 atom stereocenters. The van der Waals surface area contributed by atoms with E-state index in [1.165, 1.54) is 0 Å². The van der Waals surface area contributed by atoms with Gasteiger partial charge in [-0.05, 0) is 5.92 Å². The molecule has 0 aliphatic rings. The first kappa shape index (κ1) is 16.1. The van der Waals surface area contributed by atoms with Crippen LogP contribution in [-0.2, 0) is 4.79 Å². The molecule has 0 fully saturated rings. The van der Waals surface area contributed by atoms with Crippen LogP contribution in [0.25, 0.3) is 0 Å². The molecule has 0 saturated heterocycles. The van der Waals surface area contributed by atoms with E-state index in [1.807, 2.05) is 0 Å². The molecule has 0 aliphatic heterocycles. The normalized spacial score (nSPS) is 12.4. The average Bonchev–Trinajstić information content (AvgIpc) is 2.64. The molecule has 0 bridgehead atoms. The molecule has 1 heterocycles. The smallest absolute Gasteiger partial charge is 0.291 e. The number of amides is 1. The van der Waals surface area contributed by atoms with E-state index in [-0.39, 0.29) is 23.5 Å². The molecule has 0 saturated carbocycles. The number of anilines is 1. The Morgan fingerprint density at radius 3 is 2.41 bits per heavy atom. The fourth-order valence-electron chi connectivity index (χ4n) is 0.865. The van der Waals surface area contributed by atoms with Crippen molar-refractivity contribution < 1.29 is 13.6 Å². The highest BCUT2D eigenvalue weighted by Crippen LogP contribution is 2.25. The summed E-state index contributed by atoms with van der Waals surface area (Å²) >= 11 is 0.639. The number of hydrogen-bond donors (Lipinski definition) is 2. The summed E-state index contributed by atoms with van der Waals surface area (Å²) in [5.74, 6) is -0.491. The van der Waals surface area contributed by atoms with Crippen molar-refractivity contribution in [3.63, 3.8) is 0 Å². The summed E-state index contributed by atoms with van der Waals surface area (Å²) < 4.78 is 24.4. The van der Waals surface area contributed by atoms with Crippen LogP contribution in [0.1, 0.15) is 25.3 Å². The molecule has 0 aromatic carbocycles. The quantitative estimate of drug-likeness (QED) is 0.885. The van der Waals surface area contributed by atoms with Gasteiger partial charge in [-0.3, -0.25) is 10.1 Å². The minimum Gasteiger partial charge on any atom is -0.320 e. The van der Waals surface area contributed by atoms with Crippen LogP contribution in [0.3, 0.4) is 0 Å². The zero-order valence-electron chi connectivity index (χ0n) is 9.18. The van der Waals surface area contributed by atoms with Crippen LogP contribution in [0.2, 0.25) is 0 Å². The lowest BCUT2D eigenvalue weighted by molar-refractivity contribution is -0.118. The fourth-order valence-corrected chi connectivity index (χ4v) is 1.47. The lowest BCUT2D eigenvalue weighted by Crippen LogP contribution is -2.39. The van der Waals surface area contributed by atoms with E-state index < -0.39 is 23.4 Å². The zero-order valence-corrected chi connectivity index (χ0v) is 10.8. The van der Waals surface area contributed by atoms with Crippen molar-refractivity contribution in [1.29, 1.82) is 0 Å². The van der Waals surface area contributed by atoms with Gasteiger partial charge in [-0.25, -0.2) is 8.78 Å². The number of hydrogen-bond acceptors (Lipinski definition) is 5. The summed E-state index contributed by atoms with van der Waals surface area (Å²) in [7, 11) is 0. The van der Waals surface area contributed by atoms with Gasteiger partial charge >= 0.3 is 0 Å². The number of nitrogens with zero attached hydrogens (tertiary/aromatic N) is 2. The predicted molar refractivity (Wildman–Crippen MR) is 63.6 cm³/mol. The Balaban J connectivity index is 0.00000256. The summed E-state index contributed by atoms with van der Waals surface area (Å²) in [4.78, 5) is 11.4. The summed E-state index contributed by atoms with van der Waals surface area (Å²) in [5.41, 5.74) is 5.57.